The molecule has 0 bridgehead atoms. The number of aryl methyl sites for hydroxylation is 2. The Kier molecular flexibility index (Phi) is 24.6. The van der Waals surface area contributed by atoms with Gasteiger partial charge in [0.15, 0.2) is 0 Å². The van der Waals surface area contributed by atoms with Crippen molar-refractivity contribution in [2.45, 2.75) is 117 Å². The summed E-state index contributed by atoms with van der Waals surface area (Å²) in [7, 11) is 2.72. The van der Waals surface area contributed by atoms with E-state index in [4.69, 9.17) is 33.2 Å². The predicted octanol–water partition coefficient (Wildman–Crippen LogP) is 12.2. The number of rotatable bonds is 32. The van der Waals surface area contributed by atoms with Crippen molar-refractivity contribution in [3.05, 3.63) is 125 Å². The van der Waals surface area contributed by atoms with Gasteiger partial charge >= 0.3 is 23.9 Å². The van der Waals surface area contributed by atoms with Crippen LogP contribution in [0.25, 0.3) is 33.4 Å². The van der Waals surface area contributed by atoms with E-state index < -0.39 is 78.9 Å². The molecule has 78 heavy (non-hydrogen) atoms. The Balaban J connectivity index is 1.45. The van der Waals surface area contributed by atoms with E-state index in [0.29, 0.717) is 41.0 Å². The first-order valence-corrected chi connectivity index (χ1v) is 26.9. The molecule has 5 rings (SSSR count). The highest BCUT2D eigenvalue weighted by Crippen LogP contribution is 2.40. The van der Waals surface area contributed by atoms with Crippen molar-refractivity contribution < 1.29 is 70.7 Å². The van der Waals surface area contributed by atoms with Gasteiger partial charge in [0.2, 0.25) is 11.6 Å². The molecule has 0 amide bonds. The number of hydrogen-bond acceptors (Lipinski definition) is 13. The Morgan fingerprint density at radius 3 is 1.67 bits per heavy atom. The third-order valence-electron chi connectivity index (χ3n) is 14.1. The fourth-order valence-corrected chi connectivity index (χ4v) is 9.40. The topological polar surface area (TPSA) is 167 Å². The van der Waals surface area contributed by atoms with E-state index in [-0.39, 0.29) is 61.5 Å². The Bertz CT molecular complexity index is 2680. The van der Waals surface area contributed by atoms with Crippen LogP contribution in [0.3, 0.4) is 0 Å². The van der Waals surface area contributed by atoms with Crippen molar-refractivity contribution in [2.75, 3.05) is 60.5 Å². The summed E-state index contributed by atoms with van der Waals surface area (Å²) in [5.41, 5.74) is 4.08. The molecule has 420 valence electrons. The highest BCUT2D eigenvalue weighted by molar-refractivity contribution is 6.34. The lowest BCUT2D eigenvalue weighted by Gasteiger charge is -2.32. The molecule has 4 aromatic rings. The number of Topliss-reactive ketones (excluding diaryl/α,β-unsaturated/α-hetero) is 2. The normalized spacial score (nSPS) is 14.3. The number of hydrogen-bond donors (Lipinski definition) is 0. The minimum Gasteiger partial charge on any atom is -0.492 e. The molecule has 0 radical (unpaired) electrons. The summed E-state index contributed by atoms with van der Waals surface area (Å²) in [4.78, 5) is 76.2. The van der Waals surface area contributed by atoms with Crippen LogP contribution in [0.2, 0.25) is 0 Å². The van der Waals surface area contributed by atoms with Crippen molar-refractivity contribution in [2.24, 2.45) is 11.3 Å². The number of unbranched alkanes of at least 4 members (excludes halogenated alkanes) is 2. The van der Waals surface area contributed by atoms with Gasteiger partial charge in [-0.25, -0.2) is 28.0 Å². The van der Waals surface area contributed by atoms with Crippen molar-refractivity contribution in [3.8, 4) is 39.1 Å². The average molecular weight is 1080 g/mol. The van der Waals surface area contributed by atoms with Gasteiger partial charge < -0.3 is 33.2 Å². The van der Waals surface area contributed by atoms with Crippen LogP contribution in [0.5, 0.6) is 5.75 Å². The van der Waals surface area contributed by atoms with Gasteiger partial charge in [0, 0.05) is 38.2 Å². The largest absolute Gasteiger partial charge is 0.492 e. The maximum Gasteiger partial charge on any atom is 0.374 e. The Labute approximate surface area is 458 Å². The lowest BCUT2D eigenvalue weighted by Crippen LogP contribution is -2.45. The van der Waals surface area contributed by atoms with Gasteiger partial charge in [0.25, 0.3) is 0 Å². The van der Waals surface area contributed by atoms with Crippen molar-refractivity contribution in [1.29, 1.82) is 0 Å². The highest BCUT2D eigenvalue weighted by Gasteiger charge is 2.39. The molecule has 0 aromatic heterocycles. The molecule has 0 unspecified atom stereocenters. The number of esters is 4. The summed E-state index contributed by atoms with van der Waals surface area (Å²) in [6.45, 7) is 11.9. The lowest BCUT2D eigenvalue weighted by molar-refractivity contribution is -0.169. The molecule has 0 N–H and O–H groups in total. The summed E-state index contributed by atoms with van der Waals surface area (Å²) < 4.78 is 70.5. The molecule has 0 aliphatic heterocycles. The number of halogens is 2. The fraction of sp³-hybridized carbons (Fsp3) is 0.460. The summed E-state index contributed by atoms with van der Waals surface area (Å²) in [5.74, 6) is -5.49. The Morgan fingerprint density at radius 2 is 1.12 bits per heavy atom. The maximum atomic E-state index is 16.2. The third kappa shape index (κ3) is 18.1. The van der Waals surface area contributed by atoms with Gasteiger partial charge in [0.1, 0.15) is 49.2 Å². The van der Waals surface area contributed by atoms with Crippen molar-refractivity contribution in [3.63, 3.8) is 0 Å². The van der Waals surface area contributed by atoms with Crippen LogP contribution in [0.1, 0.15) is 121 Å². The number of carbonyl (C=O) groups is 6. The average Bonchev–Trinajstić information content (AvgIpc) is 3.48. The Hall–Kier alpha value is -6.84. The molecule has 1 aliphatic rings. The lowest BCUT2D eigenvalue weighted by atomic mass is 9.77. The van der Waals surface area contributed by atoms with Crippen LogP contribution in [-0.4, -0.2) is 95.9 Å². The molecule has 1 fully saturated rings. The number of ether oxygens (including phenoxy) is 7. The molecule has 0 saturated heterocycles. The molecule has 1 aliphatic carbocycles. The number of carbonyl (C=O) groups excluding carboxylic acids is 6. The first-order chi connectivity index (χ1) is 37.4. The summed E-state index contributed by atoms with van der Waals surface area (Å²) in [5, 5.41) is 0. The molecule has 15 heteroatoms. The van der Waals surface area contributed by atoms with Crippen LogP contribution < -0.4 is 4.74 Å². The molecule has 1 saturated carbocycles. The van der Waals surface area contributed by atoms with E-state index >= 15 is 8.78 Å². The van der Waals surface area contributed by atoms with E-state index in [1.165, 1.54) is 84.3 Å². The van der Waals surface area contributed by atoms with Gasteiger partial charge in [-0.05, 0) is 139 Å². The molecule has 0 heterocycles. The zero-order valence-corrected chi connectivity index (χ0v) is 46.2. The summed E-state index contributed by atoms with van der Waals surface area (Å²) in [6.07, 6.45) is 10.5. The monoisotopic (exact) mass is 1080 g/mol. The first kappa shape index (κ1) is 62.0. The van der Waals surface area contributed by atoms with E-state index in [0.717, 1.165) is 35.4 Å². The standard InChI is InChI=1S/C63H76F2O13/c1-9-11-12-14-43-16-18-45(19-17-43)46-20-22-47(23-21-46)51-35-53(64)58(54(65)36-51)50-24-26-52(44(10-2)33-50)48-25-27-57(49(34-48)15-13-30-74-59(68)41(3)4)75-37-63(38-76-60(69)42(5)6,39-77-61(70)55(66)28-31-72-7)40-78-62(71)56(67)29-32-73-8/h20-27,33-36,43,45H,3,5,9-19,28-32,37-40H2,1-2,4,6-8H3. The second-order valence-electron chi connectivity index (χ2n) is 20.3. The maximum absolute atomic E-state index is 16.2. The van der Waals surface area contributed by atoms with Gasteiger partial charge in [-0.15, -0.1) is 0 Å². The van der Waals surface area contributed by atoms with E-state index in [2.05, 4.69) is 32.2 Å². The van der Waals surface area contributed by atoms with Crippen LogP contribution in [0, 0.1) is 23.0 Å². The quantitative estimate of drug-likeness (QED) is 0.0149. The van der Waals surface area contributed by atoms with E-state index in [1.54, 1.807) is 30.3 Å². The summed E-state index contributed by atoms with van der Waals surface area (Å²) >= 11 is 0. The van der Waals surface area contributed by atoms with Crippen molar-refractivity contribution >= 4 is 35.4 Å². The van der Waals surface area contributed by atoms with Crippen LogP contribution >= 0.6 is 0 Å². The Morgan fingerprint density at radius 1 is 0.577 bits per heavy atom. The predicted molar refractivity (Wildman–Crippen MR) is 294 cm³/mol. The van der Waals surface area contributed by atoms with Gasteiger partial charge in [-0.2, -0.15) is 0 Å². The molecular weight excluding hydrogens is 1000 g/mol. The highest BCUT2D eigenvalue weighted by atomic mass is 19.1. The third-order valence-corrected chi connectivity index (χ3v) is 14.1. The van der Waals surface area contributed by atoms with Crippen molar-refractivity contribution in [1.82, 2.24) is 0 Å². The van der Waals surface area contributed by atoms with Crippen LogP contribution in [0.15, 0.2) is 97.1 Å². The summed E-state index contributed by atoms with van der Waals surface area (Å²) in [6, 6.07) is 21.4. The second-order valence-corrected chi connectivity index (χ2v) is 20.3. The minimum absolute atomic E-state index is 0.0204. The van der Waals surface area contributed by atoms with Gasteiger partial charge in [-0.3, -0.25) is 9.59 Å². The number of ketones is 2. The van der Waals surface area contributed by atoms with Gasteiger partial charge in [0.05, 0.1) is 25.4 Å². The smallest absolute Gasteiger partial charge is 0.374 e. The number of methoxy groups -OCH3 is 2. The SMILES string of the molecule is C=C(C)C(=O)OCCCc1cc(-c2ccc(-c3c(F)cc(-c4ccc(C5CCC(CCCCC)CC5)cc4)cc3F)cc2CC)ccc1OCC(COC(=O)C(=C)C)(COC(=O)C(=O)CCOC)COC(=O)C(=O)CCOC. The molecule has 13 nitrogen and oxygen atoms in total. The van der Waals surface area contributed by atoms with Crippen LogP contribution in [-0.2, 0) is 70.0 Å². The first-order valence-electron chi connectivity index (χ1n) is 26.9. The number of benzene rings is 4. The molecular formula is C63H76F2O13. The molecule has 0 atom stereocenters. The zero-order valence-electron chi connectivity index (χ0n) is 46.2. The zero-order chi connectivity index (χ0) is 56.8. The fourth-order valence-electron chi connectivity index (χ4n) is 9.40. The van der Waals surface area contributed by atoms with E-state index in [1.807, 2.05) is 25.1 Å². The van der Waals surface area contributed by atoms with Gasteiger partial charge in [-0.1, -0.05) is 101 Å². The van der Waals surface area contributed by atoms with Crippen LogP contribution in [0.4, 0.5) is 8.78 Å². The molecule has 0 spiro atoms. The second kappa shape index (κ2) is 30.9. The van der Waals surface area contributed by atoms with E-state index in [9.17, 15) is 28.8 Å². The minimum atomic E-state index is -1.71. The molecule has 4 aromatic carbocycles.